The molecule has 27 heavy (non-hydrogen) atoms. The zero-order valence-electron chi connectivity index (χ0n) is 14.8. The van der Waals surface area contributed by atoms with Crippen LogP contribution in [0.1, 0.15) is 29.7 Å². The molecule has 2 aromatic rings. The van der Waals surface area contributed by atoms with Gasteiger partial charge >= 0.3 is 0 Å². The van der Waals surface area contributed by atoms with Crippen LogP contribution in [0.2, 0.25) is 0 Å². The first kappa shape index (κ1) is 17.2. The highest BCUT2D eigenvalue weighted by Crippen LogP contribution is 2.35. The second-order valence-corrected chi connectivity index (χ2v) is 6.14. The van der Waals surface area contributed by atoms with Crippen molar-refractivity contribution in [2.75, 3.05) is 19.9 Å². The SMILES string of the molecule is CC[C@H]1C(=O)NCCN1C(=O)c1coc(COc2ccc3c(c2)OCO3)n1. The Morgan fingerprint density at radius 3 is 3.07 bits per heavy atom. The van der Waals surface area contributed by atoms with E-state index in [2.05, 4.69) is 10.3 Å². The van der Waals surface area contributed by atoms with E-state index in [1.54, 1.807) is 18.2 Å². The molecule has 2 aliphatic rings. The predicted molar refractivity (Wildman–Crippen MR) is 91.5 cm³/mol. The monoisotopic (exact) mass is 373 g/mol. The van der Waals surface area contributed by atoms with Crippen LogP contribution in [0.15, 0.2) is 28.9 Å². The molecule has 1 aromatic carbocycles. The summed E-state index contributed by atoms with van der Waals surface area (Å²) in [6.45, 7) is 2.99. The Hall–Kier alpha value is -3.23. The number of amides is 2. The number of nitrogens with one attached hydrogen (secondary N) is 1. The van der Waals surface area contributed by atoms with Gasteiger partial charge in [0.2, 0.25) is 18.6 Å². The van der Waals surface area contributed by atoms with Crippen molar-refractivity contribution in [2.45, 2.75) is 26.0 Å². The van der Waals surface area contributed by atoms with Crippen LogP contribution in [-0.2, 0) is 11.4 Å². The molecular weight excluding hydrogens is 354 g/mol. The van der Waals surface area contributed by atoms with E-state index in [1.807, 2.05) is 6.92 Å². The summed E-state index contributed by atoms with van der Waals surface area (Å²) in [6, 6.07) is 4.74. The van der Waals surface area contributed by atoms with E-state index < -0.39 is 6.04 Å². The highest BCUT2D eigenvalue weighted by Gasteiger charge is 2.33. The lowest BCUT2D eigenvalue weighted by Crippen LogP contribution is -2.56. The van der Waals surface area contributed by atoms with Gasteiger partial charge in [0.05, 0.1) is 0 Å². The number of hydrogen-bond donors (Lipinski definition) is 1. The molecular formula is C18H19N3O6. The minimum Gasteiger partial charge on any atom is -0.484 e. The number of hydrogen-bond acceptors (Lipinski definition) is 7. The summed E-state index contributed by atoms with van der Waals surface area (Å²) in [5.74, 6) is 1.66. The molecule has 0 radical (unpaired) electrons. The molecule has 1 atom stereocenters. The van der Waals surface area contributed by atoms with E-state index in [4.69, 9.17) is 18.6 Å². The van der Waals surface area contributed by atoms with Gasteiger partial charge in [-0.25, -0.2) is 4.98 Å². The molecule has 4 rings (SSSR count). The van der Waals surface area contributed by atoms with Crippen molar-refractivity contribution in [2.24, 2.45) is 0 Å². The van der Waals surface area contributed by atoms with Crippen molar-refractivity contribution in [3.05, 3.63) is 36.0 Å². The second kappa shape index (κ2) is 7.18. The highest BCUT2D eigenvalue weighted by atomic mass is 16.7. The molecule has 2 amide bonds. The van der Waals surface area contributed by atoms with Crippen molar-refractivity contribution in [3.63, 3.8) is 0 Å². The van der Waals surface area contributed by atoms with E-state index in [9.17, 15) is 9.59 Å². The minimum atomic E-state index is -0.490. The lowest BCUT2D eigenvalue weighted by molar-refractivity contribution is -0.127. The van der Waals surface area contributed by atoms with E-state index in [0.717, 1.165) is 0 Å². The van der Waals surface area contributed by atoms with Gasteiger partial charge in [0.1, 0.15) is 18.1 Å². The summed E-state index contributed by atoms with van der Waals surface area (Å²) in [4.78, 5) is 30.3. The Kier molecular flexibility index (Phi) is 4.57. The van der Waals surface area contributed by atoms with Crippen LogP contribution >= 0.6 is 0 Å². The number of fused-ring (bicyclic) bond motifs is 1. The van der Waals surface area contributed by atoms with Crippen molar-refractivity contribution in [3.8, 4) is 17.2 Å². The lowest BCUT2D eigenvalue weighted by Gasteiger charge is -2.33. The van der Waals surface area contributed by atoms with Gasteiger partial charge in [0.25, 0.3) is 5.91 Å². The number of aromatic nitrogens is 1. The standard InChI is InChI=1S/C18H19N3O6/c1-2-13-17(22)19-5-6-21(13)18(23)12-8-25-16(20-12)9-24-11-3-4-14-15(7-11)27-10-26-14/h3-4,7-8,13H,2,5-6,9-10H2,1H3,(H,19,22)/t13-/m0/s1. The van der Waals surface area contributed by atoms with Crippen molar-refractivity contribution >= 4 is 11.8 Å². The fraction of sp³-hybridized carbons (Fsp3) is 0.389. The number of nitrogens with zero attached hydrogens (tertiary/aromatic N) is 2. The molecule has 0 spiro atoms. The van der Waals surface area contributed by atoms with Gasteiger partial charge in [-0.05, 0) is 18.6 Å². The third-order valence-corrected chi connectivity index (χ3v) is 4.46. The van der Waals surface area contributed by atoms with E-state index >= 15 is 0 Å². The molecule has 0 saturated carbocycles. The maximum absolute atomic E-state index is 12.7. The molecule has 1 aromatic heterocycles. The molecule has 0 unspecified atom stereocenters. The van der Waals surface area contributed by atoms with Crippen molar-refractivity contribution in [1.82, 2.24) is 15.2 Å². The van der Waals surface area contributed by atoms with E-state index in [1.165, 1.54) is 11.2 Å². The number of benzene rings is 1. The summed E-state index contributed by atoms with van der Waals surface area (Å²) in [5, 5.41) is 2.76. The quantitative estimate of drug-likeness (QED) is 0.843. The first-order valence-corrected chi connectivity index (χ1v) is 8.71. The van der Waals surface area contributed by atoms with Crippen molar-refractivity contribution < 1.29 is 28.2 Å². The topological polar surface area (TPSA) is 103 Å². The molecule has 142 valence electrons. The number of ether oxygens (including phenoxy) is 3. The molecule has 1 N–H and O–H groups in total. The number of piperazine rings is 1. The third kappa shape index (κ3) is 3.40. The molecule has 9 heteroatoms. The maximum atomic E-state index is 12.7. The van der Waals surface area contributed by atoms with Gasteiger partial charge in [-0.15, -0.1) is 0 Å². The van der Waals surface area contributed by atoms with Crippen LogP contribution in [0.4, 0.5) is 0 Å². The summed E-state index contributed by atoms with van der Waals surface area (Å²) in [6.07, 6.45) is 1.83. The highest BCUT2D eigenvalue weighted by molar-refractivity contribution is 5.96. The van der Waals surface area contributed by atoms with Crippen LogP contribution in [-0.4, -0.2) is 47.6 Å². The summed E-state index contributed by atoms with van der Waals surface area (Å²) in [5.41, 5.74) is 0.160. The van der Waals surface area contributed by atoms with Crippen LogP contribution in [0.3, 0.4) is 0 Å². The first-order valence-electron chi connectivity index (χ1n) is 8.71. The van der Waals surface area contributed by atoms with Gasteiger partial charge in [0.15, 0.2) is 23.8 Å². The Labute approximate surface area is 155 Å². The molecule has 3 heterocycles. The van der Waals surface area contributed by atoms with Gasteiger partial charge in [-0.2, -0.15) is 0 Å². The smallest absolute Gasteiger partial charge is 0.276 e. The van der Waals surface area contributed by atoms with Crippen LogP contribution in [0.25, 0.3) is 0 Å². The number of rotatable bonds is 5. The Bertz CT molecular complexity index is 865. The lowest BCUT2D eigenvalue weighted by atomic mass is 10.1. The zero-order valence-corrected chi connectivity index (χ0v) is 14.8. The maximum Gasteiger partial charge on any atom is 0.276 e. The predicted octanol–water partition coefficient (Wildman–Crippen LogP) is 1.33. The number of carbonyl (C=O) groups excluding carboxylic acids is 2. The number of oxazole rings is 1. The zero-order chi connectivity index (χ0) is 18.8. The summed E-state index contributed by atoms with van der Waals surface area (Å²) >= 11 is 0. The van der Waals surface area contributed by atoms with E-state index in [-0.39, 0.29) is 36.8 Å². The molecule has 0 bridgehead atoms. The second-order valence-electron chi connectivity index (χ2n) is 6.14. The first-order chi connectivity index (χ1) is 13.2. The largest absolute Gasteiger partial charge is 0.484 e. The molecule has 1 fully saturated rings. The average Bonchev–Trinajstić information content (AvgIpc) is 3.34. The number of carbonyl (C=O) groups is 2. The molecule has 9 nitrogen and oxygen atoms in total. The summed E-state index contributed by atoms with van der Waals surface area (Å²) < 4.78 is 21.5. The Morgan fingerprint density at radius 2 is 2.22 bits per heavy atom. The normalized spacial score (nSPS) is 18.3. The molecule has 2 aliphatic heterocycles. The fourth-order valence-corrected chi connectivity index (χ4v) is 3.10. The Balaban J connectivity index is 1.41. The molecule has 0 aliphatic carbocycles. The van der Waals surface area contributed by atoms with Gasteiger partial charge in [0, 0.05) is 19.2 Å². The van der Waals surface area contributed by atoms with Crippen LogP contribution in [0.5, 0.6) is 17.2 Å². The van der Waals surface area contributed by atoms with Gasteiger partial charge in [-0.1, -0.05) is 6.92 Å². The average molecular weight is 373 g/mol. The van der Waals surface area contributed by atoms with E-state index in [0.29, 0.717) is 36.8 Å². The van der Waals surface area contributed by atoms with Crippen LogP contribution in [0, 0.1) is 0 Å². The minimum absolute atomic E-state index is 0.0601. The third-order valence-electron chi connectivity index (χ3n) is 4.46. The van der Waals surface area contributed by atoms with Crippen molar-refractivity contribution in [1.29, 1.82) is 0 Å². The van der Waals surface area contributed by atoms with Crippen LogP contribution < -0.4 is 19.5 Å². The fourth-order valence-electron chi connectivity index (χ4n) is 3.10. The van der Waals surface area contributed by atoms with Gasteiger partial charge in [-0.3, -0.25) is 9.59 Å². The summed E-state index contributed by atoms with van der Waals surface area (Å²) in [7, 11) is 0. The molecule has 1 saturated heterocycles. The Morgan fingerprint density at radius 1 is 1.37 bits per heavy atom. The van der Waals surface area contributed by atoms with Gasteiger partial charge < -0.3 is 28.8 Å².